The zero-order valence-corrected chi connectivity index (χ0v) is 61.1. The fourth-order valence-electron chi connectivity index (χ4n) is 16.5. The van der Waals surface area contributed by atoms with Crippen molar-refractivity contribution in [3.05, 3.63) is 42.9 Å². The van der Waals surface area contributed by atoms with Crippen LogP contribution in [0.5, 0.6) is 0 Å². The molecule has 27 heteroatoms. The molecular weight excluding hydrogens is 1420 g/mol. The molecule has 21 atom stereocenters. The molecule has 10 aliphatic rings. The monoisotopic (exact) mass is 1530 g/mol. The predicted octanol–water partition coefficient (Wildman–Crippen LogP) is 5.84. The van der Waals surface area contributed by atoms with E-state index in [4.69, 9.17) is 55.3 Å². The van der Waals surface area contributed by atoms with Gasteiger partial charge in [-0.2, -0.15) is 0 Å². The Morgan fingerprint density at radius 1 is 0.776 bits per heavy atom. The molecule has 98 heavy (non-hydrogen) atoms. The fraction of sp³-hybridized carbons (Fsp3) is 0.789. The third-order valence-corrected chi connectivity index (χ3v) is 21.8. The SMILES string of the molecule is C=C1C[C@@H]2CC[C@@]34CC5O[C@H]6[C@@H](O3)[C@H]3O[C@H](CC[C@@H]3O[C@H]6[C@H]5O4)CC(=O)C[C@@H]3[C@@H](OC)[C@@H](C[C@H](O)CNC(=O)CNC(=O)[C@H](CCCCN(CCC)CCC)NC(=O)[C@@H](NC(=O)CCCCCn4cc(-c5cnc([S-])nc5)nn4)C(C)C)O[C@H]3C[C@H]3O[C@@H](CCC1O2)C[C@@H](C)C3=C.[Tb]. The molecule has 12 bridgehead atoms. The Morgan fingerprint density at radius 2 is 1.51 bits per heavy atom. The molecule has 10 saturated heterocycles. The van der Waals surface area contributed by atoms with Gasteiger partial charge < -0.3 is 86.5 Å². The molecule has 10 fully saturated rings. The molecule has 25 nitrogen and oxygen atoms in total. The smallest absolute Gasteiger partial charge is 0.243 e. The molecule has 1 spiro atoms. The minimum Gasteiger partial charge on any atom is -0.740 e. The number of fused-ring (bicyclic) bond motifs is 6. The van der Waals surface area contributed by atoms with Crippen LogP contribution in [0.4, 0.5) is 0 Å². The number of aliphatic hydroxyl groups excluding tert-OH is 1. The predicted molar refractivity (Wildman–Crippen MR) is 358 cm³/mol. The summed E-state index contributed by atoms with van der Waals surface area (Å²) in [5.74, 6) is -3.26. The number of unbranched alkanes of at least 4 members (excludes halogenated alkanes) is 3. The van der Waals surface area contributed by atoms with E-state index < -0.39 is 84.7 Å². The normalized spacial score (nSPS) is 33.7. The van der Waals surface area contributed by atoms with Gasteiger partial charge in [-0.15, -0.1) is 5.10 Å². The molecule has 12 rings (SSSR count). The summed E-state index contributed by atoms with van der Waals surface area (Å²) in [5.41, 5.74) is 3.41. The van der Waals surface area contributed by atoms with Crippen LogP contribution in [0.25, 0.3) is 11.3 Å². The average molecular weight is 1530 g/mol. The van der Waals surface area contributed by atoms with Gasteiger partial charge in [0.2, 0.25) is 23.6 Å². The second-order valence-corrected chi connectivity index (χ2v) is 29.7. The molecule has 2 unspecified atom stereocenters. The molecule has 0 saturated carbocycles. The summed E-state index contributed by atoms with van der Waals surface area (Å²) in [6.45, 7) is 21.9. The molecule has 0 aliphatic carbocycles. The van der Waals surface area contributed by atoms with Crippen molar-refractivity contribution in [3.8, 4) is 11.3 Å². The Labute approximate surface area is 614 Å². The largest absolute Gasteiger partial charge is 0.740 e. The molecule has 10 aliphatic heterocycles. The average Bonchev–Trinajstić information content (AvgIpc) is 1.55. The molecule has 4 amide bonds. The van der Waals surface area contributed by atoms with Crippen LogP contribution < -0.4 is 21.3 Å². The first-order valence-electron chi connectivity index (χ1n) is 36.4. The zero-order chi connectivity index (χ0) is 68.5. The van der Waals surface area contributed by atoms with Gasteiger partial charge in [-0.05, 0) is 133 Å². The quantitative estimate of drug-likeness (QED) is 0.0289. The number of nitrogens with zero attached hydrogens (tertiary/aromatic N) is 6. The number of rotatable bonds is 28. The van der Waals surface area contributed by atoms with Crippen LogP contribution in [0, 0.1) is 56.4 Å². The van der Waals surface area contributed by atoms with Gasteiger partial charge in [0.15, 0.2) is 5.79 Å². The second-order valence-electron chi connectivity index (χ2n) is 29.3. The van der Waals surface area contributed by atoms with E-state index in [2.05, 4.69) is 80.4 Å². The first kappa shape index (κ1) is 76.9. The summed E-state index contributed by atoms with van der Waals surface area (Å²) in [4.78, 5) is 80.3. The van der Waals surface area contributed by atoms with Gasteiger partial charge in [0, 0.05) is 133 Å². The maximum Gasteiger partial charge on any atom is 0.243 e. The van der Waals surface area contributed by atoms with Crippen molar-refractivity contribution < 1.29 is 110 Å². The van der Waals surface area contributed by atoms with Crippen molar-refractivity contribution in [1.29, 1.82) is 0 Å². The number of hydrogen-bond acceptors (Lipinski definition) is 21. The standard InChI is InChI=1S/C71H108N10O15S.Tb/c1-9-24-80(25-10-2)26-15-13-16-51(76-69(87)61(40(3)4)77-59(84)17-12-11-14-27-81-39-52(78-79-81)44-35-74-70(97)75-36-44)68(86)73-38-60(85)72-37-46(83)32-57-62(88-8)50-31-45(82)30-48-19-21-54-63(91-48)67-66-65(93-54)64-58(94-66)34-71(95-64,96-67)23-22-49-29-42(6)53(89-49)20-18-47-28-41(5)43(7)55(90-47)33-56(50)92-57;/h35-36,39-41,46-51,53-58,61-67,83H,6-7,9-34,37-38H2,1-5,8H3,(H,72,85)(H,73,86)(H,76,87)(H,77,84)(H,74,75,97);/p-1/t41-,46+,47+,48-,49+,50+,51+,53?,54+,55-,56+,57-,58?,61+,62-,63+,64+,65+,66-,67+,71+;/m1./s1. The number of carbonyl (C=O) groups is 5. The van der Waals surface area contributed by atoms with Gasteiger partial charge in [-0.25, -0.2) is 0 Å². The van der Waals surface area contributed by atoms with E-state index in [9.17, 15) is 29.1 Å². The summed E-state index contributed by atoms with van der Waals surface area (Å²) in [5, 5.41) is 31.7. The van der Waals surface area contributed by atoms with Crippen molar-refractivity contribution in [1.82, 2.24) is 51.1 Å². The third kappa shape index (κ3) is 19.4. The van der Waals surface area contributed by atoms with Gasteiger partial charge in [0.1, 0.15) is 54.1 Å². The number of aliphatic hydroxyl groups is 1. The van der Waals surface area contributed by atoms with Crippen molar-refractivity contribution in [3.63, 3.8) is 0 Å². The van der Waals surface area contributed by atoms with Crippen molar-refractivity contribution in [2.24, 2.45) is 17.8 Å². The number of methoxy groups -OCH3 is 1. The van der Waals surface area contributed by atoms with Gasteiger partial charge in [-0.1, -0.05) is 59.4 Å². The van der Waals surface area contributed by atoms with E-state index in [-0.39, 0.29) is 161 Å². The van der Waals surface area contributed by atoms with Crippen molar-refractivity contribution >= 4 is 42.0 Å². The summed E-state index contributed by atoms with van der Waals surface area (Å²) < 4.78 is 62.8. The summed E-state index contributed by atoms with van der Waals surface area (Å²) in [7, 11) is 1.60. The van der Waals surface area contributed by atoms with E-state index in [1.807, 2.05) is 20.0 Å². The molecule has 1 radical (unpaired) electrons. The number of ether oxygens (including phenoxy) is 9. The second kappa shape index (κ2) is 35.7. The van der Waals surface area contributed by atoms with Crippen LogP contribution in [0.15, 0.2) is 48.1 Å². The van der Waals surface area contributed by atoms with Gasteiger partial charge >= 0.3 is 0 Å². The van der Waals surface area contributed by atoms with Gasteiger partial charge in [0.05, 0.1) is 79.9 Å². The van der Waals surface area contributed by atoms with Crippen LogP contribution in [0.2, 0.25) is 0 Å². The molecule has 2 aromatic heterocycles. The topological polar surface area (TPSA) is 296 Å². The van der Waals surface area contributed by atoms with Crippen LogP contribution in [-0.4, -0.2) is 220 Å². The zero-order valence-electron chi connectivity index (χ0n) is 58.2. The third-order valence-electron chi connectivity index (χ3n) is 21.6. The molecule has 12 heterocycles. The molecule has 0 aromatic carbocycles. The van der Waals surface area contributed by atoms with E-state index in [1.54, 1.807) is 24.2 Å². The Bertz CT molecular complexity index is 3020. The minimum atomic E-state index is -1.10. The Kier molecular flexibility index (Phi) is 28.0. The van der Waals surface area contributed by atoms with Crippen LogP contribution in [-0.2, 0) is 85.8 Å². The summed E-state index contributed by atoms with van der Waals surface area (Å²) in [6, 6.07) is -1.91. The number of nitrogens with one attached hydrogen (secondary N) is 4. The number of hydrogen-bond donors (Lipinski definition) is 5. The van der Waals surface area contributed by atoms with Gasteiger partial charge in [0.25, 0.3) is 0 Å². The first-order valence-corrected chi connectivity index (χ1v) is 36.8. The number of aromatic nitrogens is 5. The summed E-state index contributed by atoms with van der Waals surface area (Å²) >= 11 is 4.99. The number of aryl methyl sites for hydroxylation is 1. The maximum absolute atomic E-state index is 14.6. The van der Waals surface area contributed by atoms with E-state index in [1.165, 1.54) is 0 Å². The molecule has 547 valence electrons. The Morgan fingerprint density at radius 3 is 2.28 bits per heavy atom. The van der Waals surface area contributed by atoms with Gasteiger partial charge in [-0.3, -0.25) is 38.6 Å². The molecule has 2 aromatic rings. The number of amides is 4. The maximum atomic E-state index is 14.6. The Hall–Kier alpha value is -3.68. The molecule has 5 N–H and O–H groups in total. The minimum absolute atomic E-state index is 0. The summed E-state index contributed by atoms with van der Waals surface area (Å²) in [6.07, 6.45) is 12.5. The first-order chi connectivity index (χ1) is 46.8. The molecular formula is C71H107N10O15STb-. The van der Waals surface area contributed by atoms with E-state index >= 15 is 0 Å². The fourth-order valence-corrected chi connectivity index (χ4v) is 16.6. The van der Waals surface area contributed by atoms with E-state index in [0.29, 0.717) is 69.2 Å². The van der Waals surface area contributed by atoms with Crippen molar-refractivity contribution in [2.75, 3.05) is 39.8 Å². The number of ketones is 1. The Balaban J connectivity index is 0.0000104. The number of carbonyl (C=O) groups excluding carboxylic acids is 5. The number of Topliss-reactive ketones (excluding diaryl/α,β-unsaturated/α-hetero) is 1. The van der Waals surface area contributed by atoms with Crippen LogP contribution in [0.3, 0.4) is 0 Å². The van der Waals surface area contributed by atoms with E-state index in [0.717, 1.165) is 95.0 Å². The van der Waals surface area contributed by atoms with Crippen molar-refractivity contribution in [2.45, 2.75) is 303 Å². The van der Waals surface area contributed by atoms with Crippen LogP contribution in [0.1, 0.15) is 176 Å². The van der Waals surface area contributed by atoms with Crippen LogP contribution >= 0.6 is 0 Å².